The van der Waals surface area contributed by atoms with Crippen molar-refractivity contribution in [3.05, 3.63) is 59.7 Å². The topological polar surface area (TPSA) is 105 Å². The van der Waals surface area contributed by atoms with Crippen molar-refractivity contribution in [2.24, 2.45) is 17.3 Å². The van der Waals surface area contributed by atoms with Crippen LogP contribution >= 0.6 is 0 Å². The highest BCUT2D eigenvalue weighted by atomic mass is 16.5. The number of carbonyl (C=O) groups is 3. The molecule has 6 rings (SSSR count). The van der Waals surface area contributed by atoms with E-state index in [-0.39, 0.29) is 42.4 Å². The number of amides is 2. The van der Waals surface area contributed by atoms with E-state index in [0.29, 0.717) is 12.8 Å². The number of ether oxygens (including phenoxy) is 1. The number of benzene rings is 2. The third-order valence-electron chi connectivity index (χ3n) is 8.68. The molecule has 2 amide bonds. The maximum Gasteiger partial charge on any atom is 0.407 e. The summed E-state index contributed by atoms with van der Waals surface area (Å²) in [6, 6.07) is 16.1. The summed E-state index contributed by atoms with van der Waals surface area (Å²) in [7, 11) is 0. The minimum atomic E-state index is -0.741. The van der Waals surface area contributed by atoms with Gasteiger partial charge < -0.3 is 20.5 Å². The predicted molar refractivity (Wildman–Crippen MR) is 129 cm³/mol. The second-order valence-electron chi connectivity index (χ2n) is 10.6. The Morgan fingerprint density at radius 2 is 1.63 bits per heavy atom. The van der Waals surface area contributed by atoms with Crippen LogP contribution in [0.3, 0.4) is 0 Å². The van der Waals surface area contributed by atoms with Crippen molar-refractivity contribution in [3.8, 4) is 11.1 Å². The molecule has 4 aliphatic rings. The molecule has 5 atom stereocenters. The molecule has 2 aromatic carbocycles. The molecule has 182 valence electrons. The third-order valence-corrected chi connectivity index (χ3v) is 8.68. The van der Waals surface area contributed by atoms with Gasteiger partial charge in [-0.05, 0) is 60.3 Å². The van der Waals surface area contributed by atoms with E-state index in [9.17, 15) is 19.5 Å². The number of nitrogens with one attached hydrogen (secondary N) is 2. The van der Waals surface area contributed by atoms with Crippen molar-refractivity contribution in [2.45, 2.75) is 56.5 Å². The van der Waals surface area contributed by atoms with Crippen LogP contribution in [-0.2, 0) is 14.3 Å². The van der Waals surface area contributed by atoms with Gasteiger partial charge in [-0.25, -0.2) is 4.79 Å². The van der Waals surface area contributed by atoms with Gasteiger partial charge in [0.15, 0.2) is 0 Å². The molecule has 2 aromatic rings. The molecule has 3 N–H and O–H groups in total. The lowest BCUT2D eigenvalue weighted by Gasteiger charge is -2.24. The molecular formula is C28H30N2O5. The van der Waals surface area contributed by atoms with Crippen molar-refractivity contribution in [2.75, 3.05) is 6.61 Å². The predicted octanol–water partition coefficient (Wildman–Crippen LogP) is 4.06. The van der Waals surface area contributed by atoms with Crippen LogP contribution in [0.4, 0.5) is 4.79 Å². The number of carbonyl (C=O) groups excluding carboxylic acids is 2. The van der Waals surface area contributed by atoms with Gasteiger partial charge in [-0.15, -0.1) is 0 Å². The molecule has 35 heavy (non-hydrogen) atoms. The van der Waals surface area contributed by atoms with Crippen molar-refractivity contribution in [3.63, 3.8) is 0 Å². The van der Waals surface area contributed by atoms with Crippen molar-refractivity contribution in [1.29, 1.82) is 0 Å². The molecule has 0 radical (unpaired) electrons. The fourth-order valence-corrected chi connectivity index (χ4v) is 6.81. The highest BCUT2D eigenvalue weighted by Gasteiger charge is 2.65. The Bertz CT molecular complexity index is 1150. The number of hydrogen-bond acceptors (Lipinski definition) is 4. The Kier molecular flexibility index (Phi) is 5.31. The van der Waals surface area contributed by atoms with E-state index in [1.54, 1.807) is 0 Å². The summed E-state index contributed by atoms with van der Waals surface area (Å²) < 4.78 is 5.68. The summed E-state index contributed by atoms with van der Waals surface area (Å²) in [6.07, 6.45) is 3.77. The first-order valence-corrected chi connectivity index (χ1v) is 12.6. The maximum atomic E-state index is 13.0. The first-order chi connectivity index (χ1) is 17.0. The Morgan fingerprint density at radius 3 is 2.29 bits per heavy atom. The Hall–Kier alpha value is -3.35. The fraction of sp³-hybridized carbons (Fsp3) is 0.464. The van der Waals surface area contributed by atoms with E-state index in [1.165, 1.54) is 11.1 Å². The van der Waals surface area contributed by atoms with E-state index in [0.717, 1.165) is 36.8 Å². The van der Waals surface area contributed by atoms with E-state index >= 15 is 0 Å². The Morgan fingerprint density at radius 1 is 0.943 bits per heavy atom. The zero-order valence-electron chi connectivity index (χ0n) is 19.5. The summed E-state index contributed by atoms with van der Waals surface area (Å²) in [5.74, 6) is -0.962. The van der Waals surface area contributed by atoms with Gasteiger partial charge in [-0.3, -0.25) is 9.59 Å². The molecular weight excluding hydrogens is 444 g/mol. The van der Waals surface area contributed by atoms with Gasteiger partial charge in [-0.1, -0.05) is 55.0 Å². The van der Waals surface area contributed by atoms with Crippen LogP contribution in [0.25, 0.3) is 11.1 Å². The lowest BCUT2D eigenvalue weighted by Crippen LogP contribution is -2.46. The molecule has 0 aliphatic heterocycles. The molecule has 0 spiro atoms. The van der Waals surface area contributed by atoms with Crippen LogP contribution in [0.5, 0.6) is 0 Å². The number of rotatable bonds is 6. The first kappa shape index (κ1) is 22.1. The molecule has 0 bridgehead atoms. The van der Waals surface area contributed by atoms with Crippen LogP contribution in [0.15, 0.2) is 48.5 Å². The normalized spacial score (nSPS) is 30.2. The summed E-state index contributed by atoms with van der Waals surface area (Å²) in [4.78, 5) is 37.3. The standard InChI is InChI=1S/C28H30N2O5/c31-25(29-17-12-16-13-28(16,14-17)26(32)33)22-10-5-11-24(22)30-27(34)35-15-23-20-8-3-1-6-18(20)19-7-2-4-9-21(19)23/h1-4,6-9,16-17,22-24H,5,10-15H2,(H,29,31)(H,30,34)(H,32,33)/t16?,17?,22-,24+,28?/m1/s1. The number of fused-ring (bicyclic) bond motifs is 4. The zero-order valence-corrected chi connectivity index (χ0v) is 19.5. The SMILES string of the molecule is O=C(N[C@H]1CCC[C@H]1C(=O)NC1CC2CC2(C(=O)O)C1)OCC1c2ccccc2-c2ccccc21. The highest BCUT2D eigenvalue weighted by Crippen LogP contribution is 2.63. The van der Waals surface area contributed by atoms with Gasteiger partial charge in [0.05, 0.1) is 11.3 Å². The molecule has 3 unspecified atom stereocenters. The van der Waals surface area contributed by atoms with Crippen molar-refractivity contribution in [1.82, 2.24) is 10.6 Å². The second-order valence-corrected chi connectivity index (χ2v) is 10.6. The molecule has 3 saturated carbocycles. The van der Waals surface area contributed by atoms with Gasteiger partial charge in [-0.2, -0.15) is 0 Å². The maximum absolute atomic E-state index is 13.0. The van der Waals surface area contributed by atoms with Crippen molar-refractivity contribution >= 4 is 18.0 Å². The van der Waals surface area contributed by atoms with Gasteiger partial charge >= 0.3 is 12.1 Å². The van der Waals surface area contributed by atoms with Crippen LogP contribution in [0, 0.1) is 17.3 Å². The molecule has 3 fully saturated rings. The van der Waals surface area contributed by atoms with Gasteiger partial charge in [0.25, 0.3) is 0 Å². The molecule has 7 nitrogen and oxygen atoms in total. The average molecular weight is 475 g/mol. The minimum Gasteiger partial charge on any atom is -0.481 e. The van der Waals surface area contributed by atoms with Gasteiger partial charge in [0.1, 0.15) is 6.61 Å². The summed E-state index contributed by atoms with van der Waals surface area (Å²) >= 11 is 0. The quantitative estimate of drug-likeness (QED) is 0.586. The molecule has 0 aromatic heterocycles. The minimum absolute atomic E-state index is 0.00817. The summed E-state index contributed by atoms with van der Waals surface area (Å²) in [5.41, 5.74) is 4.06. The molecule has 7 heteroatoms. The van der Waals surface area contributed by atoms with E-state index in [4.69, 9.17) is 4.74 Å². The Labute approximate surface area is 204 Å². The number of aliphatic carboxylic acids is 1. The third kappa shape index (κ3) is 3.77. The van der Waals surface area contributed by atoms with Crippen LogP contribution < -0.4 is 10.6 Å². The molecule has 4 aliphatic carbocycles. The van der Waals surface area contributed by atoms with E-state index < -0.39 is 17.5 Å². The number of hydrogen-bond donors (Lipinski definition) is 3. The fourth-order valence-electron chi connectivity index (χ4n) is 6.81. The van der Waals surface area contributed by atoms with Crippen LogP contribution in [-0.4, -0.2) is 41.8 Å². The second kappa shape index (κ2) is 8.40. The highest BCUT2D eigenvalue weighted by molar-refractivity contribution is 5.83. The van der Waals surface area contributed by atoms with E-state index in [2.05, 4.69) is 34.9 Å². The largest absolute Gasteiger partial charge is 0.481 e. The van der Waals surface area contributed by atoms with Crippen molar-refractivity contribution < 1.29 is 24.2 Å². The smallest absolute Gasteiger partial charge is 0.407 e. The Balaban J connectivity index is 1.05. The zero-order chi connectivity index (χ0) is 24.2. The number of carboxylic acid groups (broad SMARTS) is 1. The summed E-state index contributed by atoms with van der Waals surface area (Å²) in [6.45, 7) is 0.240. The average Bonchev–Trinajstić information content (AvgIpc) is 3.17. The number of alkyl carbamates (subject to hydrolysis) is 1. The summed E-state index contributed by atoms with van der Waals surface area (Å²) in [5, 5.41) is 15.5. The van der Waals surface area contributed by atoms with E-state index in [1.807, 2.05) is 24.3 Å². The lowest BCUT2D eigenvalue weighted by atomic mass is 9.98. The molecule has 0 saturated heterocycles. The van der Waals surface area contributed by atoms with Crippen LogP contribution in [0.1, 0.15) is 55.6 Å². The monoisotopic (exact) mass is 474 g/mol. The molecule has 0 heterocycles. The number of carboxylic acids is 1. The van der Waals surface area contributed by atoms with Crippen LogP contribution in [0.2, 0.25) is 0 Å². The lowest BCUT2D eigenvalue weighted by molar-refractivity contribution is -0.144. The first-order valence-electron chi connectivity index (χ1n) is 12.6. The van der Waals surface area contributed by atoms with Gasteiger partial charge in [0, 0.05) is 18.0 Å². The van der Waals surface area contributed by atoms with Gasteiger partial charge in [0.2, 0.25) is 5.91 Å².